The van der Waals surface area contributed by atoms with Gasteiger partial charge in [-0.05, 0) is 74.1 Å². The van der Waals surface area contributed by atoms with Crippen molar-refractivity contribution in [1.82, 2.24) is 0 Å². The van der Waals surface area contributed by atoms with Gasteiger partial charge in [-0.15, -0.1) is 0 Å². The molecule has 0 amide bonds. The van der Waals surface area contributed by atoms with Gasteiger partial charge in [-0.3, -0.25) is 0 Å². The molecule has 0 saturated heterocycles. The predicted octanol–water partition coefficient (Wildman–Crippen LogP) is 4.30. The van der Waals surface area contributed by atoms with Crippen molar-refractivity contribution in [3.63, 3.8) is 0 Å². The van der Waals surface area contributed by atoms with E-state index in [1.165, 1.54) is 0 Å². The molecule has 122 valence electrons. The van der Waals surface area contributed by atoms with E-state index < -0.39 is 12.1 Å². The first-order valence-electron chi connectivity index (χ1n) is 7.82. The fourth-order valence-corrected chi connectivity index (χ4v) is 2.69. The maximum atomic E-state index is 11.7. The van der Waals surface area contributed by atoms with Crippen molar-refractivity contribution in [3.05, 3.63) is 63.7 Å². The van der Waals surface area contributed by atoms with E-state index in [9.17, 15) is 9.90 Å². The number of rotatable bonds is 5. The molecule has 2 rings (SSSR count). The number of aryl methyl sites for hydroxylation is 3. The number of ether oxygens (including phenoxy) is 1. The zero-order valence-electron chi connectivity index (χ0n) is 14.4. The zero-order valence-corrected chi connectivity index (χ0v) is 14.4. The van der Waals surface area contributed by atoms with Crippen molar-refractivity contribution in [2.75, 3.05) is 0 Å². The number of hydrogen-bond acceptors (Lipinski definition) is 2. The summed E-state index contributed by atoms with van der Waals surface area (Å²) in [5.74, 6) is -0.287. The molecule has 0 saturated carbocycles. The van der Waals surface area contributed by atoms with Crippen LogP contribution < -0.4 is 4.74 Å². The third kappa shape index (κ3) is 3.92. The van der Waals surface area contributed by atoms with Crippen LogP contribution in [-0.4, -0.2) is 17.2 Å². The van der Waals surface area contributed by atoms with Crippen LogP contribution in [-0.2, 0) is 11.2 Å². The lowest BCUT2D eigenvalue weighted by atomic mass is 9.98. The van der Waals surface area contributed by atoms with Crippen LogP contribution in [0.15, 0.2) is 30.3 Å². The van der Waals surface area contributed by atoms with E-state index in [0.29, 0.717) is 12.2 Å². The Morgan fingerprint density at radius 1 is 1.04 bits per heavy atom. The summed E-state index contributed by atoms with van der Waals surface area (Å²) < 4.78 is 5.87. The number of aliphatic carboxylic acids is 1. The highest BCUT2D eigenvalue weighted by molar-refractivity contribution is 5.73. The number of carboxylic acids is 1. The maximum Gasteiger partial charge on any atom is 0.345 e. The number of carboxylic acid groups (broad SMARTS) is 1. The van der Waals surface area contributed by atoms with Gasteiger partial charge in [0.15, 0.2) is 6.10 Å². The molecule has 0 aliphatic rings. The topological polar surface area (TPSA) is 46.5 Å². The van der Waals surface area contributed by atoms with Crippen molar-refractivity contribution < 1.29 is 14.6 Å². The Hall–Kier alpha value is -2.29. The van der Waals surface area contributed by atoms with Gasteiger partial charge < -0.3 is 9.84 Å². The molecular weight excluding hydrogens is 288 g/mol. The minimum Gasteiger partial charge on any atom is -0.478 e. The Balaban J connectivity index is 2.30. The normalized spacial score (nSPS) is 12.0. The Bertz CT molecular complexity index is 732. The molecular formula is C20H24O3. The Labute approximate surface area is 137 Å². The largest absolute Gasteiger partial charge is 0.478 e. The molecule has 1 atom stereocenters. The molecule has 0 spiro atoms. The summed E-state index contributed by atoms with van der Waals surface area (Å²) >= 11 is 0. The Morgan fingerprint density at radius 3 is 2.39 bits per heavy atom. The molecule has 2 aromatic rings. The lowest BCUT2D eigenvalue weighted by Gasteiger charge is -2.19. The van der Waals surface area contributed by atoms with Crippen LogP contribution in [0.1, 0.15) is 33.4 Å². The first kappa shape index (κ1) is 17.1. The first-order valence-corrected chi connectivity index (χ1v) is 7.82. The number of carbonyl (C=O) groups is 1. The van der Waals surface area contributed by atoms with Gasteiger partial charge in [-0.25, -0.2) is 4.79 Å². The fourth-order valence-electron chi connectivity index (χ4n) is 2.69. The van der Waals surface area contributed by atoms with Crippen molar-refractivity contribution in [1.29, 1.82) is 0 Å². The van der Waals surface area contributed by atoms with E-state index in [0.717, 1.165) is 33.4 Å². The summed E-state index contributed by atoms with van der Waals surface area (Å²) in [5, 5.41) is 9.56. The molecule has 0 aliphatic carbocycles. The van der Waals surface area contributed by atoms with Crippen LogP contribution in [0, 0.1) is 34.6 Å². The van der Waals surface area contributed by atoms with E-state index in [1.807, 2.05) is 58.9 Å². The van der Waals surface area contributed by atoms with Crippen molar-refractivity contribution in [2.45, 2.75) is 47.1 Å². The average Bonchev–Trinajstić information content (AvgIpc) is 2.47. The van der Waals surface area contributed by atoms with E-state index >= 15 is 0 Å². The standard InChI is InChI=1S/C20H24O3/c1-12-9-14(3)16(5)18(10-12)23-19(20(21)22)11-17-8-6-7-13(2)15(17)4/h6-10,19H,11H2,1-5H3,(H,21,22). The molecule has 0 fully saturated rings. The molecule has 0 aromatic heterocycles. The molecule has 1 N–H and O–H groups in total. The van der Waals surface area contributed by atoms with Crippen molar-refractivity contribution >= 4 is 5.97 Å². The van der Waals surface area contributed by atoms with Gasteiger partial charge >= 0.3 is 5.97 Å². The highest BCUT2D eigenvalue weighted by Gasteiger charge is 2.22. The SMILES string of the molecule is Cc1cc(C)c(C)c(OC(Cc2cccc(C)c2C)C(=O)O)c1. The highest BCUT2D eigenvalue weighted by atomic mass is 16.5. The summed E-state index contributed by atoms with van der Waals surface area (Å²) in [6.07, 6.45) is -0.537. The van der Waals surface area contributed by atoms with Gasteiger partial charge in [0.1, 0.15) is 5.75 Å². The molecule has 0 bridgehead atoms. The minimum absolute atomic E-state index is 0.356. The zero-order chi connectivity index (χ0) is 17.1. The second kappa shape index (κ2) is 6.86. The van der Waals surface area contributed by atoms with Crippen molar-refractivity contribution in [3.8, 4) is 5.75 Å². The fraction of sp³-hybridized carbons (Fsp3) is 0.350. The molecule has 0 aliphatic heterocycles. The van der Waals surface area contributed by atoms with Gasteiger partial charge in [0.25, 0.3) is 0 Å². The molecule has 0 radical (unpaired) electrons. The second-order valence-electron chi connectivity index (χ2n) is 6.21. The smallest absolute Gasteiger partial charge is 0.345 e. The van der Waals surface area contributed by atoms with Crippen LogP contribution in [0.25, 0.3) is 0 Å². The van der Waals surface area contributed by atoms with E-state index in [1.54, 1.807) is 0 Å². The molecule has 2 aromatic carbocycles. The van der Waals surface area contributed by atoms with Crippen LogP contribution in [0.4, 0.5) is 0 Å². The molecule has 23 heavy (non-hydrogen) atoms. The van der Waals surface area contributed by atoms with Gasteiger partial charge in [0.05, 0.1) is 0 Å². The van der Waals surface area contributed by atoms with Crippen LogP contribution in [0.5, 0.6) is 5.75 Å². The number of hydrogen-bond donors (Lipinski definition) is 1. The molecule has 3 nitrogen and oxygen atoms in total. The van der Waals surface area contributed by atoms with Gasteiger partial charge in [-0.2, -0.15) is 0 Å². The second-order valence-corrected chi connectivity index (χ2v) is 6.21. The number of benzene rings is 2. The third-order valence-electron chi connectivity index (χ3n) is 4.43. The summed E-state index contributed by atoms with van der Waals surface area (Å²) in [6.45, 7) is 10.0. The average molecular weight is 312 g/mol. The van der Waals surface area contributed by atoms with Crippen LogP contribution in [0.3, 0.4) is 0 Å². The van der Waals surface area contributed by atoms with Crippen LogP contribution >= 0.6 is 0 Å². The van der Waals surface area contributed by atoms with E-state index in [4.69, 9.17) is 4.74 Å². The quantitative estimate of drug-likeness (QED) is 0.895. The maximum absolute atomic E-state index is 11.7. The van der Waals surface area contributed by atoms with Gasteiger partial charge in [0.2, 0.25) is 0 Å². The third-order valence-corrected chi connectivity index (χ3v) is 4.43. The molecule has 3 heteroatoms. The van der Waals surface area contributed by atoms with E-state index in [2.05, 4.69) is 6.07 Å². The minimum atomic E-state index is -0.940. The van der Waals surface area contributed by atoms with Gasteiger partial charge in [-0.1, -0.05) is 24.3 Å². The summed E-state index contributed by atoms with van der Waals surface area (Å²) in [5.41, 5.74) is 6.46. The molecule has 0 heterocycles. The molecule has 1 unspecified atom stereocenters. The first-order chi connectivity index (χ1) is 10.8. The summed E-state index contributed by atoms with van der Waals surface area (Å²) in [7, 11) is 0. The lowest BCUT2D eigenvalue weighted by Crippen LogP contribution is -2.30. The summed E-state index contributed by atoms with van der Waals surface area (Å²) in [4.78, 5) is 11.7. The lowest BCUT2D eigenvalue weighted by molar-refractivity contribution is -0.145. The van der Waals surface area contributed by atoms with E-state index in [-0.39, 0.29) is 0 Å². The van der Waals surface area contributed by atoms with Crippen LogP contribution in [0.2, 0.25) is 0 Å². The Kier molecular flexibility index (Phi) is 5.09. The predicted molar refractivity (Wildman–Crippen MR) is 92.3 cm³/mol. The highest BCUT2D eigenvalue weighted by Crippen LogP contribution is 2.25. The van der Waals surface area contributed by atoms with Gasteiger partial charge in [0, 0.05) is 6.42 Å². The monoisotopic (exact) mass is 312 g/mol. The summed E-state index contributed by atoms with van der Waals surface area (Å²) in [6, 6.07) is 9.93. The Morgan fingerprint density at radius 2 is 1.74 bits per heavy atom. The van der Waals surface area contributed by atoms with Crippen molar-refractivity contribution in [2.24, 2.45) is 0 Å².